The predicted molar refractivity (Wildman–Crippen MR) is 144 cm³/mol. The lowest BCUT2D eigenvalue weighted by atomic mass is 9.75. The molecule has 208 valence electrons. The van der Waals surface area contributed by atoms with Gasteiger partial charge < -0.3 is 19.3 Å². The number of sulfonamides is 1. The molecule has 4 rings (SSSR count). The lowest BCUT2D eigenvalue weighted by Crippen LogP contribution is -2.33. The van der Waals surface area contributed by atoms with E-state index in [2.05, 4.69) is 0 Å². The van der Waals surface area contributed by atoms with E-state index in [1.807, 2.05) is 0 Å². The fourth-order valence-corrected chi connectivity index (χ4v) is 5.91. The summed E-state index contributed by atoms with van der Waals surface area (Å²) in [5, 5.41) is 21.1. The third kappa shape index (κ3) is 6.86. The molecule has 0 saturated heterocycles. The van der Waals surface area contributed by atoms with Crippen LogP contribution in [0.3, 0.4) is 0 Å². The molecule has 39 heavy (non-hydrogen) atoms. The molecule has 1 fully saturated rings. The highest BCUT2D eigenvalue weighted by Crippen LogP contribution is 2.35. The number of aliphatic hydroxyl groups excluding tert-OH is 1. The van der Waals surface area contributed by atoms with Crippen molar-refractivity contribution < 1.29 is 32.7 Å². The monoisotopic (exact) mass is 556 g/mol. The van der Waals surface area contributed by atoms with Crippen molar-refractivity contribution >= 4 is 15.7 Å². The molecule has 1 N–H and O–H groups in total. The third-order valence-corrected chi connectivity index (χ3v) is 8.79. The number of hydrogen-bond donors (Lipinski definition) is 1. The topological polar surface area (TPSA) is 128 Å². The van der Waals surface area contributed by atoms with Crippen LogP contribution in [0.2, 0.25) is 0 Å². The molecule has 0 aromatic heterocycles. The first-order valence-corrected chi connectivity index (χ1v) is 14.0. The minimum atomic E-state index is -4.21. The van der Waals surface area contributed by atoms with Gasteiger partial charge in [-0.15, -0.1) is 0 Å². The van der Waals surface area contributed by atoms with E-state index in [4.69, 9.17) is 14.2 Å². The Labute approximate surface area is 227 Å². The van der Waals surface area contributed by atoms with Gasteiger partial charge in [-0.05, 0) is 60.1 Å². The number of hydrogen-bond acceptors (Lipinski definition) is 8. The van der Waals surface area contributed by atoms with Crippen LogP contribution in [0.5, 0.6) is 17.2 Å². The Bertz CT molecular complexity index is 1330. The number of nitrogens with zero attached hydrogens (tertiary/aromatic N) is 2. The quantitative estimate of drug-likeness (QED) is 0.242. The number of non-ortho nitro benzene ring substituents is 1. The fourth-order valence-electron chi connectivity index (χ4n) is 4.44. The minimum absolute atomic E-state index is 0.0253. The minimum Gasteiger partial charge on any atom is -0.497 e. The smallest absolute Gasteiger partial charge is 0.274 e. The second-order valence-corrected chi connectivity index (χ2v) is 11.4. The lowest BCUT2D eigenvalue weighted by molar-refractivity contribution is -0.385. The molecular formula is C28H32N2O8S. The first-order chi connectivity index (χ1) is 18.7. The summed E-state index contributed by atoms with van der Waals surface area (Å²) >= 11 is 0. The van der Waals surface area contributed by atoms with Crippen LogP contribution in [0.15, 0.2) is 71.6 Å². The van der Waals surface area contributed by atoms with Crippen LogP contribution in [0.1, 0.15) is 24.0 Å². The van der Waals surface area contributed by atoms with Crippen LogP contribution in [-0.2, 0) is 23.1 Å². The van der Waals surface area contributed by atoms with Crippen LogP contribution in [-0.4, -0.2) is 50.2 Å². The number of benzene rings is 3. The Kier molecular flexibility index (Phi) is 9.05. The van der Waals surface area contributed by atoms with Gasteiger partial charge in [0.1, 0.15) is 17.2 Å². The van der Waals surface area contributed by atoms with E-state index in [0.29, 0.717) is 11.5 Å². The number of methoxy groups -OCH3 is 2. The van der Waals surface area contributed by atoms with Gasteiger partial charge in [-0.3, -0.25) is 10.1 Å². The van der Waals surface area contributed by atoms with Gasteiger partial charge in [0.25, 0.3) is 5.69 Å². The Balaban J connectivity index is 1.67. The van der Waals surface area contributed by atoms with Crippen molar-refractivity contribution in [2.45, 2.75) is 30.8 Å². The third-order valence-electron chi connectivity index (χ3n) is 7.02. The maximum absolute atomic E-state index is 14.0. The first kappa shape index (κ1) is 28.3. The number of ether oxygens (including phenoxy) is 3. The van der Waals surface area contributed by atoms with Gasteiger partial charge in [0, 0.05) is 31.8 Å². The molecule has 3 aromatic rings. The number of nitro groups is 1. The van der Waals surface area contributed by atoms with Gasteiger partial charge in [-0.1, -0.05) is 24.3 Å². The second kappa shape index (κ2) is 12.5. The van der Waals surface area contributed by atoms with Gasteiger partial charge >= 0.3 is 0 Å². The predicted octanol–water partition coefficient (Wildman–Crippen LogP) is 4.40. The summed E-state index contributed by atoms with van der Waals surface area (Å²) in [6, 6.07) is 17.7. The van der Waals surface area contributed by atoms with Gasteiger partial charge in [-0.2, -0.15) is 4.31 Å². The summed E-state index contributed by atoms with van der Waals surface area (Å²) in [5.74, 6) is 1.62. The number of rotatable bonds is 13. The Hall–Kier alpha value is -3.67. The zero-order valence-corrected chi connectivity index (χ0v) is 22.7. The normalized spacial score (nSPS) is 16.9. The molecule has 0 radical (unpaired) electrons. The molecule has 2 atom stereocenters. The molecule has 0 spiro atoms. The highest BCUT2D eigenvalue weighted by atomic mass is 32.2. The molecule has 1 aliphatic carbocycles. The van der Waals surface area contributed by atoms with E-state index in [9.17, 15) is 23.6 Å². The van der Waals surface area contributed by atoms with E-state index in [-0.39, 0.29) is 54.5 Å². The standard InChI is InChI=1S/C28H32N2O8S/c1-36-25-9-3-20(4-10-25)16-29(17-21-5-11-26(37-2)12-6-21)39(34,35)28-14-24(30(32)33)13-27(15-28)38-19-23-8-7-22(23)18-31/h3-6,9-15,22-23,31H,7-8,16-19H2,1-2H3/t22-,23-/m1/s1. The van der Waals surface area contributed by atoms with Crippen LogP contribution in [0.4, 0.5) is 5.69 Å². The molecule has 11 heteroatoms. The summed E-state index contributed by atoms with van der Waals surface area (Å²) in [5.41, 5.74) is 1.05. The molecule has 0 heterocycles. The van der Waals surface area contributed by atoms with E-state index in [0.717, 1.165) is 30.0 Å². The van der Waals surface area contributed by atoms with Crippen molar-refractivity contribution in [3.05, 3.63) is 88.0 Å². The Morgan fingerprint density at radius 3 is 1.85 bits per heavy atom. The zero-order valence-electron chi connectivity index (χ0n) is 21.9. The van der Waals surface area contributed by atoms with Crippen molar-refractivity contribution in [2.24, 2.45) is 11.8 Å². The average Bonchev–Trinajstić information content (AvgIpc) is 2.93. The van der Waals surface area contributed by atoms with Crippen molar-refractivity contribution in [1.29, 1.82) is 0 Å². The van der Waals surface area contributed by atoms with Crippen LogP contribution in [0, 0.1) is 22.0 Å². The van der Waals surface area contributed by atoms with E-state index < -0.39 is 14.9 Å². The molecule has 1 saturated carbocycles. The van der Waals surface area contributed by atoms with Gasteiger partial charge in [0.2, 0.25) is 10.0 Å². The number of aliphatic hydroxyl groups is 1. The summed E-state index contributed by atoms with van der Waals surface area (Å²) in [4.78, 5) is 10.8. The lowest BCUT2D eigenvalue weighted by Gasteiger charge is -2.34. The van der Waals surface area contributed by atoms with Crippen LogP contribution in [0.25, 0.3) is 0 Å². The zero-order chi connectivity index (χ0) is 28.0. The fraction of sp³-hybridized carbons (Fsp3) is 0.357. The second-order valence-electron chi connectivity index (χ2n) is 9.48. The van der Waals surface area contributed by atoms with E-state index >= 15 is 0 Å². The Morgan fingerprint density at radius 2 is 1.41 bits per heavy atom. The summed E-state index contributed by atoms with van der Waals surface area (Å²) in [6.45, 7) is 0.344. The molecule has 3 aromatic carbocycles. The maximum Gasteiger partial charge on any atom is 0.274 e. The van der Waals surface area contributed by atoms with Gasteiger partial charge in [0.15, 0.2) is 0 Å². The Morgan fingerprint density at radius 1 is 0.872 bits per heavy atom. The molecule has 10 nitrogen and oxygen atoms in total. The molecule has 1 aliphatic rings. The van der Waals surface area contributed by atoms with E-state index in [1.54, 1.807) is 62.8 Å². The van der Waals surface area contributed by atoms with Crippen LogP contribution >= 0.6 is 0 Å². The van der Waals surface area contributed by atoms with Crippen molar-refractivity contribution in [1.82, 2.24) is 4.31 Å². The number of nitro benzene ring substituents is 1. The largest absolute Gasteiger partial charge is 0.497 e. The van der Waals surface area contributed by atoms with Crippen molar-refractivity contribution in [3.63, 3.8) is 0 Å². The molecule has 0 aliphatic heterocycles. The van der Waals surface area contributed by atoms with Gasteiger partial charge in [-0.25, -0.2) is 8.42 Å². The first-order valence-electron chi connectivity index (χ1n) is 12.5. The van der Waals surface area contributed by atoms with Gasteiger partial charge in [0.05, 0.1) is 36.7 Å². The van der Waals surface area contributed by atoms with Crippen LogP contribution < -0.4 is 14.2 Å². The molecule has 0 bridgehead atoms. The highest BCUT2D eigenvalue weighted by Gasteiger charge is 2.32. The summed E-state index contributed by atoms with van der Waals surface area (Å²) < 4.78 is 45.5. The summed E-state index contributed by atoms with van der Waals surface area (Å²) in [6.07, 6.45) is 1.77. The molecular weight excluding hydrogens is 524 g/mol. The average molecular weight is 557 g/mol. The van der Waals surface area contributed by atoms with E-state index in [1.165, 1.54) is 16.4 Å². The van der Waals surface area contributed by atoms with Crippen molar-refractivity contribution in [2.75, 3.05) is 27.4 Å². The molecule has 0 amide bonds. The summed E-state index contributed by atoms with van der Waals surface area (Å²) in [7, 11) is -1.11. The maximum atomic E-state index is 14.0. The SMILES string of the molecule is COc1ccc(CN(Cc2ccc(OC)cc2)S(=O)(=O)c2cc(OC[C@H]3CC[C@@H]3CO)cc([N+](=O)[O-])c2)cc1. The molecule has 0 unspecified atom stereocenters. The highest BCUT2D eigenvalue weighted by molar-refractivity contribution is 7.89. The van der Waals surface area contributed by atoms with Crippen molar-refractivity contribution in [3.8, 4) is 17.2 Å².